The number of nitrogens with zero attached hydrogens (tertiary/aromatic N) is 1. The van der Waals surface area contributed by atoms with Gasteiger partial charge in [-0.2, -0.15) is 0 Å². The van der Waals surface area contributed by atoms with Crippen LogP contribution in [0.5, 0.6) is 0 Å². The third kappa shape index (κ3) is 1.86. The second-order valence-corrected chi connectivity index (χ2v) is 4.50. The molecular formula is C15H13NO. The zero-order valence-electron chi connectivity index (χ0n) is 9.73. The van der Waals surface area contributed by atoms with Crippen molar-refractivity contribution in [3.05, 3.63) is 47.7 Å². The third-order valence-electron chi connectivity index (χ3n) is 3.18. The minimum atomic E-state index is 0.238. The van der Waals surface area contributed by atoms with Gasteiger partial charge in [0.15, 0.2) is 5.78 Å². The Morgan fingerprint density at radius 1 is 1.12 bits per heavy atom. The van der Waals surface area contributed by atoms with Gasteiger partial charge in [0, 0.05) is 17.5 Å². The van der Waals surface area contributed by atoms with E-state index in [4.69, 9.17) is 0 Å². The van der Waals surface area contributed by atoms with Crippen LogP contribution in [0.1, 0.15) is 24.1 Å². The van der Waals surface area contributed by atoms with Crippen LogP contribution in [0, 0.1) is 6.92 Å². The molecule has 3 rings (SSSR count). The molecule has 0 spiro atoms. The molecular weight excluding hydrogens is 210 g/mol. The van der Waals surface area contributed by atoms with E-state index >= 15 is 0 Å². The Bertz CT molecular complexity index is 640. The maximum atomic E-state index is 11.2. The van der Waals surface area contributed by atoms with Gasteiger partial charge in [0.1, 0.15) is 0 Å². The van der Waals surface area contributed by atoms with Crippen LogP contribution in [-0.2, 0) is 4.79 Å². The predicted octanol–water partition coefficient (Wildman–Crippen LogP) is 3.29. The first-order valence-corrected chi connectivity index (χ1v) is 5.83. The zero-order valence-corrected chi connectivity index (χ0v) is 9.73. The highest BCUT2D eigenvalue weighted by molar-refractivity contribution is 6.02. The summed E-state index contributed by atoms with van der Waals surface area (Å²) in [6.07, 6.45) is 3.28. The van der Waals surface area contributed by atoms with Crippen LogP contribution in [-0.4, -0.2) is 10.8 Å². The Kier molecular flexibility index (Phi) is 2.29. The monoisotopic (exact) mass is 223 g/mol. The molecule has 0 saturated carbocycles. The van der Waals surface area contributed by atoms with Crippen LogP contribution in [0.25, 0.3) is 16.5 Å². The van der Waals surface area contributed by atoms with Gasteiger partial charge >= 0.3 is 0 Å². The van der Waals surface area contributed by atoms with E-state index in [1.807, 2.05) is 19.1 Å². The second kappa shape index (κ2) is 3.81. The van der Waals surface area contributed by atoms with Gasteiger partial charge in [0.05, 0.1) is 5.52 Å². The fourth-order valence-electron chi connectivity index (χ4n) is 2.25. The summed E-state index contributed by atoms with van der Waals surface area (Å²) in [5.74, 6) is 0.238. The molecule has 0 amide bonds. The summed E-state index contributed by atoms with van der Waals surface area (Å²) in [6.45, 7) is 1.99. The lowest BCUT2D eigenvalue weighted by Gasteiger charge is -2.04. The van der Waals surface area contributed by atoms with Crippen molar-refractivity contribution in [2.24, 2.45) is 0 Å². The normalized spacial score (nSPS) is 15.4. The van der Waals surface area contributed by atoms with Crippen LogP contribution in [0.4, 0.5) is 0 Å². The molecule has 0 atom stereocenters. The Balaban J connectivity index is 2.11. The van der Waals surface area contributed by atoms with E-state index in [9.17, 15) is 4.79 Å². The Labute approximate surface area is 100.0 Å². The summed E-state index contributed by atoms with van der Waals surface area (Å²) in [4.78, 5) is 15.7. The molecule has 0 N–H and O–H groups in total. The molecule has 1 aromatic carbocycles. The van der Waals surface area contributed by atoms with Gasteiger partial charge in [-0.05, 0) is 48.8 Å². The highest BCUT2D eigenvalue weighted by Gasteiger charge is 2.13. The van der Waals surface area contributed by atoms with Crippen LogP contribution < -0.4 is 0 Å². The smallest absolute Gasteiger partial charge is 0.156 e. The molecule has 2 nitrogen and oxygen atoms in total. The number of benzene rings is 1. The number of aryl methyl sites for hydroxylation is 1. The molecule has 0 saturated heterocycles. The molecule has 0 bridgehead atoms. The van der Waals surface area contributed by atoms with Crippen molar-refractivity contribution >= 4 is 22.3 Å². The molecule has 2 heteroatoms. The molecule has 1 heterocycles. The van der Waals surface area contributed by atoms with Gasteiger partial charge in [0.25, 0.3) is 0 Å². The molecule has 1 aliphatic carbocycles. The van der Waals surface area contributed by atoms with E-state index < -0.39 is 0 Å². The van der Waals surface area contributed by atoms with E-state index in [0.29, 0.717) is 6.42 Å². The van der Waals surface area contributed by atoms with Gasteiger partial charge in [-0.3, -0.25) is 9.78 Å². The van der Waals surface area contributed by atoms with Crippen LogP contribution in [0.3, 0.4) is 0 Å². The molecule has 17 heavy (non-hydrogen) atoms. The lowest BCUT2D eigenvalue weighted by atomic mass is 10.0. The average molecular weight is 223 g/mol. The van der Waals surface area contributed by atoms with E-state index in [1.165, 1.54) is 0 Å². The minimum Gasteiger partial charge on any atom is -0.295 e. The second-order valence-electron chi connectivity index (χ2n) is 4.50. The van der Waals surface area contributed by atoms with Crippen molar-refractivity contribution in [1.82, 2.24) is 4.98 Å². The Hall–Kier alpha value is -1.96. The van der Waals surface area contributed by atoms with Crippen molar-refractivity contribution in [1.29, 1.82) is 0 Å². The van der Waals surface area contributed by atoms with Gasteiger partial charge in [-0.25, -0.2) is 0 Å². The topological polar surface area (TPSA) is 30.0 Å². The van der Waals surface area contributed by atoms with Crippen molar-refractivity contribution in [3.8, 4) is 0 Å². The summed E-state index contributed by atoms with van der Waals surface area (Å²) >= 11 is 0. The van der Waals surface area contributed by atoms with Gasteiger partial charge in [0.2, 0.25) is 0 Å². The number of carbonyl (C=O) groups excluding carboxylic acids is 1. The quantitative estimate of drug-likeness (QED) is 0.742. The number of hydrogen-bond donors (Lipinski definition) is 0. The van der Waals surface area contributed by atoms with E-state index in [1.54, 1.807) is 6.08 Å². The van der Waals surface area contributed by atoms with E-state index in [2.05, 4.69) is 23.2 Å². The number of fused-ring (bicyclic) bond motifs is 1. The number of ketones is 1. The predicted molar refractivity (Wildman–Crippen MR) is 68.7 cm³/mol. The van der Waals surface area contributed by atoms with Gasteiger partial charge in [-0.15, -0.1) is 0 Å². The first kappa shape index (κ1) is 10.2. The van der Waals surface area contributed by atoms with Crippen LogP contribution in [0.15, 0.2) is 36.4 Å². The molecule has 1 aromatic heterocycles. The van der Waals surface area contributed by atoms with Gasteiger partial charge in [-0.1, -0.05) is 12.1 Å². The number of aromatic nitrogens is 1. The summed E-state index contributed by atoms with van der Waals surface area (Å²) in [6, 6.07) is 10.3. The summed E-state index contributed by atoms with van der Waals surface area (Å²) in [5.41, 5.74) is 4.34. The molecule has 0 radical (unpaired) electrons. The maximum absolute atomic E-state index is 11.2. The standard InChI is InChI=1S/C15H13NO/c1-10-2-3-13-8-11(5-7-15(13)16-10)12-4-6-14(17)9-12/h2-3,5,7-9H,4,6H2,1H3. The number of carbonyl (C=O) groups is 1. The van der Waals surface area contributed by atoms with Crippen molar-refractivity contribution in [2.45, 2.75) is 19.8 Å². The Morgan fingerprint density at radius 2 is 2.00 bits per heavy atom. The maximum Gasteiger partial charge on any atom is 0.156 e. The molecule has 0 unspecified atom stereocenters. The van der Waals surface area contributed by atoms with Gasteiger partial charge < -0.3 is 0 Å². The fourth-order valence-corrected chi connectivity index (χ4v) is 2.25. The van der Waals surface area contributed by atoms with Crippen molar-refractivity contribution in [2.75, 3.05) is 0 Å². The van der Waals surface area contributed by atoms with Crippen molar-refractivity contribution in [3.63, 3.8) is 0 Å². The molecule has 84 valence electrons. The van der Waals surface area contributed by atoms with Crippen LogP contribution >= 0.6 is 0 Å². The van der Waals surface area contributed by atoms with Crippen molar-refractivity contribution < 1.29 is 4.79 Å². The number of hydrogen-bond acceptors (Lipinski definition) is 2. The largest absolute Gasteiger partial charge is 0.295 e. The van der Waals surface area contributed by atoms with Crippen LogP contribution in [0.2, 0.25) is 0 Å². The lowest BCUT2D eigenvalue weighted by Crippen LogP contribution is -1.85. The Morgan fingerprint density at radius 3 is 2.76 bits per heavy atom. The lowest BCUT2D eigenvalue weighted by molar-refractivity contribution is -0.114. The molecule has 0 aliphatic heterocycles. The highest BCUT2D eigenvalue weighted by atomic mass is 16.1. The number of pyridine rings is 1. The first-order chi connectivity index (χ1) is 8.22. The number of allylic oxidation sites excluding steroid dienone is 2. The summed E-state index contributed by atoms with van der Waals surface area (Å²) in [7, 11) is 0. The molecule has 2 aromatic rings. The zero-order chi connectivity index (χ0) is 11.8. The van der Waals surface area contributed by atoms with E-state index in [-0.39, 0.29) is 5.78 Å². The minimum absolute atomic E-state index is 0.238. The summed E-state index contributed by atoms with van der Waals surface area (Å²) < 4.78 is 0. The number of rotatable bonds is 1. The van der Waals surface area contributed by atoms with E-state index in [0.717, 1.165) is 34.2 Å². The molecule has 0 fully saturated rings. The fraction of sp³-hybridized carbons (Fsp3) is 0.200. The average Bonchev–Trinajstić information content (AvgIpc) is 2.75. The SMILES string of the molecule is Cc1ccc2cc(C3=CC(=O)CC3)ccc2n1. The third-order valence-corrected chi connectivity index (χ3v) is 3.18. The molecule has 1 aliphatic rings. The first-order valence-electron chi connectivity index (χ1n) is 5.83. The highest BCUT2D eigenvalue weighted by Crippen LogP contribution is 2.27. The summed E-state index contributed by atoms with van der Waals surface area (Å²) in [5, 5.41) is 1.13.